The number of hydrogen-bond donors (Lipinski definition) is 0. The summed E-state index contributed by atoms with van der Waals surface area (Å²) in [4.78, 5) is 27.0. The molecule has 1 fully saturated rings. The molecule has 0 atom stereocenters. The molecule has 2 amide bonds. The maximum absolute atomic E-state index is 12.0. The van der Waals surface area contributed by atoms with Crippen LogP contribution in [-0.4, -0.2) is 65.1 Å². The molecule has 5 nitrogen and oxygen atoms in total. The lowest BCUT2D eigenvalue weighted by Gasteiger charge is -2.34. The second-order valence-corrected chi connectivity index (χ2v) is 7.27. The number of hydrogen-bond acceptors (Lipinski definition) is 4. The zero-order valence-corrected chi connectivity index (χ0v) is 13.1. The van der Waals surface area contributed by atoms with Crippen LogP contribution in [0.5, 0.6) is 0 Å². The first kappa shape index (κ1) is 16.1. The third-order valence-electron chi connectivity index (χ3n) is 2.79. The van der Waals surface area contributed by atoms with Crippen molar-refractivity contribution in [1.82, 2.24) is 9.80 Å². The minimum Gasteiger partial charge on any atom is -0.450 e. The van der Waals surface area contributed by atoms with Crippen LogP contribution < -0.4 is 0 Å². The van der Waals surface area contributed by atoms with E-state index < -0.39 is 0 Å². The topological polar surface area (TPSA) is 49.9 Å². The second-order valence-electron chi connectivity index (χ2n) is 5.47. The van der Waals surface area contributed by atoms with Crippen LogP contribution in [0.3, 0.4) is 0 Å². The summed E-state index contributed by atoms with van der Waals surface area (Å²) in [6, 6.07) is 0. The molecule has 0 unspecified atom stereocenters. The van der Waals surface area contributed by atoms with E-state index in [4.69, 9.17) is 4.74 Å². The molecule has 0 spiro atoms. The minimum atomic E-state index is -0.279. The van der Waals surface area contributed by atoms with E-state index in [0.717, 1.165) is 0 Å². The van der Waals surface area contributed by atoms with Crippen molar-refractivity contribution in [3.05, 3.63) is 0 Å². The number of thioether (sulfide) groups is 1. The molecule has 0 aromatic rings. The molecule has 0 radical (unpaired) electrons. The molecule has 1 saturated heterocycles. The zero-order chi connectivity index (χ0) is 14.5. The van der Waals surface area contributed by atoms with Gasteiger partial charge < -0.3 is 14.5 Å². The number of nitrogens with zero attached hydrogens (tertiary/aromatic N) is 2. The number of piperazine rings is 1. The summed E-state index contributed by atoms with van der Waals surface area (Å²) in [5.74, 6) is 0.659. The van der Waals surface area contributed by atoms with Gasteiger partial charge in [0.15, 0.2) is 0 Å². The van der Waals surface area contributed by atoms with Crippen LogP contribution in [0.15, 0.2) is 0 Å². The van der Waals surface area contributed by atoms with Gasteiger partial charge >= 0.3 is 6.09 Å². The van der Waals surface area contributed by atoms with Crippen molar-refractivity contribution in [2.24, 2.45) is 0 Å². The Morgan fingerprint density at radius 1 is 1.11 bits per heavy atom. The first-order valence-corrected chi connectivity index (χ1v) is 7.65. The molecule has 1 rings (SSSR count). The normalized spacial score (nSPS) is 16.4. The van der Waals surface area contributed by atoms with Crippen molar-refractivity contribution >= 4 is 23.8 Å². The maximum atomic E-state index is 12.0. The van der Waals surface area contributed by atoms with Crippen molar-refractivity contribution in [2.75, 3.05) is 38.5 Å². The largest absolute Gasteiger partial charge is 0.450 e. The lowest BCUT2D eigenvalue weighted by molar-refractivity contribution is -0.129. The average molecular weight is 288 g/mol. The highest BCUT2D eigenvalue weighted by Crippen LogP contribution is 2.23. The number of ether oxygens (including phenoxy) is 1. The molecule has 1 aliphatic heterocycles. The molecule has 0 bridgehead atoms. The standard InChI is InChI=1S/C13H24N2O3S/c1-5-18-12(17)15-8-6-14(7-9-15)11(16)10-19-13(2,3)4/h5-10H2,1-4H3. The molecular weight excluding hydrogens is 264 g/mol. The fraction of sp³-hybridized carbons (Fsp3) is 0.846. The highest BCUT2D eigenvalue weighted by atomic mass is 32.2. The Bertz CT molecular complexity index is 320. The molecule has 1 heterocycles. The van der Waals surface area contributed by atoms with Gasteiger partial charge in [-0.2, -0.15) is 0 Å². The molecular formula is C13H24N2O3S. The fourth-order valence-corrected chi connectivity index (χ4v) is 2.46. The van der Waals surface area contributed by atoms with Crippen LogP contribution in [0.4, 0.5) is 4.79 Å². The summed E-state index contributed by atoms with van der Waals surface area (Å²) in [5.41, 5.74) is 0. The van der Waals surface area contributed by atoms with Crippen LogP contribution in [-0.2, 0) is 9.53 Å². The lowest BCUT2D eigenvalue weighted by Crippen LogP contribution is -2.51. The summed E-state index contributed by atoms with van der Waals surface area (Å²) in [5, 5.41) is 0. The summed E-state index contributed by atoms with van der Waals surface area (Å²) >= 11 is 1.65. The van der Waals surface area contributed by atoms with Crippen molar-refractivity contribution < 1.29 is 14.3 Å². The Morgan fingerprint density at radius 3 is 2.11 bits per heavy atom. The van der Waals surface area contributed by atoms with E-state index in [1.807, 2.05) is 4.90 Å². The van der Waals surface area contributed by atoms with E-state index in [2.05, 4.69) is 20.8 Å². The van der Waals surface area contributed by atoms with Gasteiger partial charge in [0.2, 0.25) is 5.91 Å². The van der Waals surface area contributed by atoms with Gasteiger partial charge in [-0.15, -0.1) is 11.8 Å². The second kappa shape index (κ2) is 7.03. The van der Waals surface area contributed by atoms with E-state index in [1.54, 1.807) is 23.6 Å². The van der Waals surface area contributed by atoms with Crippen LogP contribution in [0.1, 0.15) is 27.7 Å². The first-order chi connectivity index (χ1) is 8.83. The van der Waals surface area contributed by atoms with Gasteiger partial charge in [0.05, 0.1) is 12.4 Å². The molecule has 0 aliphatic carbocycles. The maximum Gasteiger partial charge on any atom is 0.409 e. The summed E-state index contributed by atoms with van der Waals surface area (Å²) in [7, 11) is 0. The van der Waals surface area contributed by atoms with E-state index >= 15 is 0 Å². The lowest BCUT2D eigenvalue weighted by atomic mass is 10.3. The van der Waals surface area contributed by atoms with Crippen LogP contribution in [0, 0.1) is 0 Å². The van der Waals surface area contributed by atoms with Gasteiger partial charge in [-0.1, -0.05) is 20.8 Å². The van der Waals surface area contributed by atoms with Gasteiger partial charge in [-0.05, 0) is 6.92 Å². The van der Waals surface area contributed by atoms with Crippen molar-refractivity contribution in [3.63, 3.8) is 0 Å². The SMILES string of the molecule is CCOC(=O)N1CCN(C(=O)CSC(C)(C)C)CC1. The Morgan fingerprint density at radius 2 is 1.63 bits per heavy atom. The van der Waals surface area contributed by atoms with Crippen molar-refractivity contribution in [3.8, 4) is 0 Å². The van der Waals surface area contributed by atoms with Crippen LogP contribution >= 0.6 is 11.8 Å². The monoisotopic (exact) mass is 288 g/mol. The van der Waals surface area contributed by atoms with E-state index in [0.29, 0.717) is 38.5 Å². The van der Waals surface area contributed by atoms with Gasteiger partial charge in [0.1, 0.15) is 0 Å². The van der Waals surface area contributed by atoms with Gasteiger partial charge in [0, 0.05) is 30.9 Å². The quantitative estimate of drug-likeness (QED) is 0.795. The predicted molar refractivity (Wildman–Crippen MR) is 77.4 cm³/mol. The van der Waals surface area contributed by atoms with Gasteiger partial charge in [-0.25, -0.2) is 4.79 Å². The highest BCUT2D eigenvalue weighted by Gasteiger charge is 2.25. The summed E-state index contributed by atoms with van der Waals surface area (Å²) in [6.07, 6.45) is -0.279. The molecule has 1 aliphatic rings. The number of amides is 2. The van der Waals surface area contributed by atoms with Crippen LogP contribution in [0.25, 0.3) is 0 Å². The molecule has 110 valence electrons. The molecule has 19 heavy (non-hydrogen) atoms. The smallest absolute Gasteiger partial charge is 0.409 e. The van der Waals surface area contributed by atoms with Gasteiger partial charge in [-0.3, -0.25) is 4.79 Å². The summed E-state index contributed by atoms with van der Waals surface area (Å²) in [6.45, 7) is 10.8. The van der Waals surface area contributed by atoms with Crippen LogP contribution in [0.2, 0.25) is 0 Å². The molecule has 6 heteroatoms. The fourth-order valence-electron chi connectivity index (χ4n) is 1.72. The molecule has 0 N–H and O–H groups in total. The van der Waals surface area contributed by atoms with E-state index in [1.165, 1.54) is 0 Å². The van der Waals surface area contributed by atoms with Crippen molar-refractivity contribution in [2.45, 2.75) is 32.4 Å². The Hall–Kier alpha value is -0.910. The molecule has 0 saturated carbocycles. The Balaban J connectivity index is 2.33. The number of rotatable bonds is 3. The average Bonchev–Trinajstić information content (AvgIpc) is 2.35. The van der Waals surface area contributed by atoms with Crippen molar-refractivity contribution in [1.29, 1.82) is 0 Å². The Labute approximate surface area is 119 Å². The van der Waals surface area contributed by atoms with Gasteiger partial charge in [0.25, 0.3) is 0 Å². The summed E-state index contributed by atoms with van der Waals surface area (Å²) < 4.78 is 5.05. The van der Waals surface area contributed by atoms with E-state index in [-0.39, 0.29) is 16.7 Å². The third-order valence-corrected chi connectivity index (χ3v) is 4.04. The number of carbonyl (C=O) groups excluding carboxylic acids is 2. The minimum absolute atomic E-state index is 0.0996. The Kier molecular flexibility index (Phi) is 5.97. The molecule has 0 aromatic carbocycles. The third kappa shape index (κ3) is 5.72. The predicted octanol–water partition coefficient (Wildman–Crippen LogP) is 1.82. The van der Waals surface area contributed by atoms with E-state index in [9.17, 15) is 9.59 Å². The molecule has 0 aromatic heterocycles. The zero-order valence-electron chi connectivity index (χ0n) is 12.3. The highest BCUT2D eigenvalue weighted by molar-refractivity contribution is 8.01. The number of carbonyl (C=O) groups is 2. The first-order valence-electron chi connectivity index (χ1n) is 6.67.